The molecule has 0 radical (unpaired) electrons. The third-order valence-corrected chi connectivity index (χ3v) is 4.70. The fraction of sp³-hybridized carbons (Fsp3) is 0.208. The van der Waals surface area contributed by atoms with E-state index in [2.05, 4.69) is 31.7 Å². The molecule has 2 aromatic carbocycles. The summed E-state index contributed by atoms with van der Waals surface area (Å²) in [6.07, 6.45) is 7.09. The van der Waals surface area contributed by atoms with Crippen LogP contribution in [0.3, 0.4) is 0 Å². The van der Waals surface area contributed by atoms with Crippen molar-refractivity contribution in [3.63, 3.8) is 0 Å². The van der Waals surface area contributed by atoms with Crippen LogP contribution in [0.1, 0.15) is 36.1 Å². The molecule has 3 N–H and O–H groups in total. The lowest BCUT2D eigenvalue weighted by Gasteiger charge is -2.16. The Hall–Kier alpha value is -3.85. The Balaban J connectivity index is 1.83. The molecule has 0 saturated carbocycles. The Morgan fingerprint density at radius 1 is 1.07 bits per heavy atom. The van der Waals surface area contributed by atoms with Gasteiger partial charge < -0.3 is 15.8 Å². The molecule has 0 bridgehead atoms. The fourth-order valence-electron chi connectivity index (χ4n) is 3.21. The van der Waals surface area contributed by atoms with Crippen LogP contribution >= 0.6 is 0 Å². The number of oxime groups is 1. The molecule has 1 aromatic heterocycles. The van der Waals surface area contributed by atoms with Crippen molar-refractivity contribution in [2.75, 3.05) is 10.6 Å². The molecule has 6 heteroatoms. The van der Waals surface area contributed by atoms with Crippen molar-refractivity contribution in [1.82, 2.24) is 9.97 Å². The predicted octanol–water partition coefficient (Wildman–Crippen LogP) is 5.40. The van der Waals surface area contributed by atoms with Gasteiger partial charge in [-0.25, -0.2) is 4.98 Å². The maximum absolute atomic E-state index is 9.36. The van der Waals surface area contributed by atoms with Crippen LogP contribution in [0.4, 0.5) is 23.1 Å². The molecule has 0 amide bonds. The summed E-state index contributed by atoms with van der Waals surface area (Å²) < 4.78 is 0. The lowest BCUT2D eigenvalue weighted by Crippen LogP contribution is -2.11. The van der Waals surface area contributed by atoms with E-state index in [0.717, 1.165) is 33.6 Å². The van der Waals surface area contributed by atoms with Crippen molar-refractivity contribution in [2.45, 2.75) is 27.7 Å². The van der Waals surface area contributed by atoms with Gasteiger partial charge in [-0.2, -0.15) is 4.98 Å². The van der Waals surface area contributed by atoms with Gasteiger partial charge in [0.15, 0.2) is 0 Å². The number of anilines is 4. The van der Waals surface area contributed by atoms with Gasteiger partial charge in [-0.05, 0) is 73.4 Å². The van der Waals surface area contributed by atoms with Crippen molar-refractivity contribution in [2.24, 2.45) is 11.1 Å². The molecular weight excluding hydrogens is 374 g/mol. The second-order valence-corrected chi connectivity index (χ2v) is 7.36. The van der Waals surface area contributed by atoms with Gasteiger partial charge in [0.05, 0.1) is 5.71 Å². The molecule has 0 saturated heterocycles. The minimum Gasteiger partial charge on any atom is -0.411 e. The van der Waals surface area contributed by atoms with Gasteiger partial charge in [0.25, 0.3) is 0 Å². The first-order valence-corrected chi connectivity index (χ1v) is 9.68. The van der Waals surface area contributed by atoms with Crippen molar-refractivity contribution in [1.29, 1.82) is 0 Å². The van der Waals surface area contributed by atoms with Gasteiger partial charge in [0.1, 0.15) is 5.82 Å². The highest BCUT2D eigenvalue weighted by atomic mass is 16.4. The highest BCUT2D eigenvalue weighted by Gasteiger charge is 2.13. The van der Waals surface area contributed by atoms with Crippen LogP contribution in [-0.2, 0) is 0 Å². The van der Waals surface area contributed by atoms with E-state index in [1.165, 1.54) is 0 Å². The Morgan fingerprint density at radius 3 is 2.30 bits per heavy atom. The number of nitrogens with one attached hydrogen (secondary N) is 2. The first-order chi connectivity index (χ1) is 14.4. The second-order valence-electron chi connectivity index (χ2n) is 7.36. The number of terminal acetylenes is 1. The first-order valence-electron chi connectivity index (χ1n) is 9.68. The summed E-state index contributed by atoms with van der Waals surface area (Å²) in [4.78, 5) is 8.84. The monoisotopic (exact) mass is 399 g/mol. The molecule has 6 nitrogen and oxygen atoms in total. The van der Waals surface area contributed by atoms with Crippen LogP contribution in [0.5, 0.6) is 0 Å². The molecule has 1 heterocycles. The van der Waals surface area contributed by atoms with Gasteiger partial charge >= 0.3 is 0 Å². The van der Waals surface area contributed by atoms with Gasteiger partial charge in [-0.15, -0.1) is 6.42 Å². The van der Waals surface area contributed by atoms with Crippen LogP contribution in [-0.4, -0.2) is 20.9 Å². The summed E-state index contributed by atoms with van der Waals surface area (Å²) in [5.41, 5.74) is 6.27. The average molecular weight is 399 g/mol. The van der Waals surface area contributed by atoms with Crippen LogP contribution in [0.25, 0.3) is 0 Å². The normalized spacial score (nSPS) is 11.3. The third-order valence-electron chi connectivity index (χ3n) is 4.70. The summed E-state index contributed by atoms with van der Waals surface area (Å²) in [6, 6.07) is 13.3. The zero-order valence-corrected chi connectivity index (χ0v) is 17.6. The molecule has 0 aliphatic heterocycles. The molecule has 0 spiro atoms. The number of nitrogens with zero attached hydrogens (tertiary/aromatic N) is 3. The standard InChI is InChI=1S/C24H25N5O/c1-6-18-7-9-20(10-8-18)26-24-25-12-11-21(28-24)27-23-16(4)13-19(14-17(23)5)22(29-30)15(2)3/h1,7-15,30H,2-5H3,(H2,25,26,27,28)/b29-22+. The molecule has 0 fully saturated rings. The summed E-state index contributed by atoms with van der Waals surface area (Å²) in [7, 11) is 0. The van der Waals surface area contributed by atoms with Crippen LogP contribution in [0, 0.1) is 32.1 Å². The quantitative estimate of drug-likeness (QED) is 0.224. The Labute approximate surface area is 177 Å². The minimum atomic E-state index is 0.123. The van der Waals surface area contributed by atoms with E-state index in [-0.39, 0.29) is 5.92 Å². The van der Waals surface area contributed by atoms with Gasteiger partial charge in [-0.3, -0.25) is 0 Å². The molecule has 0 aliphatic rings. The maximum Gasteiger partial charge on any atom is 0.229 e. The Kier molecular flexibility index (Phi) is 6.33. The second kappa shape index (κ2) is 9.10. The summed E-state index contributed by atoms with van der Waals surface area (Å²) in [5.74, 6) is 3.87. The molecule has 152 valence electrons. The molecule has 3 rings (SSSR count). The highest BCUT2D eigenvalue weighted by Crippen LogP contribution is 2.27. The minimum absolute atomic E-state index is 0.123. The molecular formula is C24H25N5O. The third kappa shape index (κ3) is 4.76. The van der Waals surface area contributed by atoms with Gasteiger partial charge in [0.2, 0.25) is 5.95 Å². The van der Waals surface area contributed by atoms with E-state index >= 15 is 0 Å². The number of aromatic nitrogens is 2. The Bertz CT molecular complexity index is 1090. The number of aryl methyl sites for hydroxylation is 2. The van der Waals surface area contributed by atoms with Crippen LogP contribution < -0.4 is 10.6 Å². The number of rotatable bonds is 6. The number of hydrogen-bond acceptors (Lipinski definition) is 6. The SMILES string of the molecule is C#Cc1ccc(Nc2nccc(Nc3c(C)cc(/C(=N/O)C(C)C)cc3C)n2)cc1. The van der Waals surface area contributed by atoms with E-state index in [4.69, 9.17) is 6.42 Å². The lowest BCUT2D eigenvalue weighted by atomic mass is 9.95. The lowest BCUT2D eigenvalue weighted by molar-refractivity contribution is 0.316. The van der Waals surface area contributed by atoms with Crippen molar-refractivity contribution in [3.05, 3.63) is 70.9 Å². The zero-order valence-electron chi connectivity index (χ0n) is 17.6. The van der Waals surface area contributed by atoms with E-state index in [0.29, 0.717) is 17.5 Å². The van der Waals surface area contributed by atoms with Crippen molar-refractivity contribution >= 4 is 28.9 Å². The fourth-order valence-corrected chi connectivity index (χ4v) is 3.21. The molecule has 30 heavy (non-hydrogen) atoms. The van der Waals surface area contributed by atoms with Crippen LogP contribution in [0.15, 0.2) is 53.8 Å². The summed E-state index contributed by atoms with van der Waals surface area (Å²) in [6.45, 7) is 8.03. The van der Waals surface area contributed by atoms with Crippen LogP contribution in [0.2, 0.25) is 0 Å². The van der Waals surface area contributed by atoms with Gasteiger partial charge in [0, 0.05) is 28.7 Å². The maximum atomic E-state index is 9.36. The van der Waals surface area contributed by atoms with Gasteiger partial charge in [-0.1, -0.05) is 24.9 Å². The highest BCUT2D eigenvalue weighted by molar-refractivity contribution is 6.02. The van der Waals surface area contributed by atoms with E-state index in [1.807, 2.05) is 70.2 Å². The molecule has 0 aliphatic carbocycles. The topological polar surface area (TPSA) is 82.4 Å². The number of benzene rings is 2. The van der Waals surface area contributed by atoms with Crippen molar-refractivity contribution < 1.29 is 5.21 Å². The predicted molar refractivity (Wildman–Crippen MR) is 122 cm³/mol. The average Bonchev–Trinajstić information content (AvgIpc) is 2.72. The largest absolute Gasteiger partial charge is 0.411 e. The summed E-state index contributed by atoms with van der Waals surface area (Å²) >= 11 is 0. The molecule has 3 aromatic rings. The first kappa shape index (κ1) is 20.9. The zero-order chi connectivity index (χ0) is 21.7. The smallest absolute Gasteiger partial charge is 0.229 e. The molecule has 0 atom stereocenters. The van der Waals surface area contributed by atoms with E-state index < -0.39 is 0 Å². The van der Waals surface area contributed by atoms with E-state index in [1.54, 1.807) is 6.20 Å². The Morgan fingerprint density at radius 2 is 1.73 bits per heavy atom. The molecule has 0 unspecified atom stereocenters. The number of hydrogen-bond donors (Lipinski definition) is 3. The summed E-state index contributed by atoms with van der Waals surface area (Å²) in [5, 5.41) is 19.4. The van der Waals surface area contributed by atoms with Crippen molar-refractivity contribution in [3.8, 4) is 12.3 Å². The van der Waals surface area contributed by atoms with E-state index in [9.17, 15) is 5.21 Å².